The van der Waals surface area contributed by atoms with Crippen molar-refractivity contribution in [2.75, 3.05) is 24.6 Å². The molecule has 0 aliphatic carbocycles. The molecule has 0 bridgehead atoms. The number of nitrogens with two attached hydrogens (primary N) is 1. The highest BCUT2D eigenvalue weighted by Crippen LogP contribution is 2.27. The van der Waals surface area contributed by atoms with Crippen LogP contribution in [-0.2, 0) is 24.1 Å². The standard InChI is InChI=1S/C16H21N5O2S/c1-20-8-3-9-21-13(10-20)14(15(17)22)18-16(21)11-4-6-12(7-5-11)19-24(2)23/h4-7,19H,3,8-10H2,1-2H3,(H2,17,22). The van der Waals surface area contributed by atoms with Gasteiger partial charge >= 0.3 is 0 Å². The molecule has 0 radical (unpaired) electrons. The lowest BCUT2D eigenvalue weighted by atomic mass is 10.2. The Bertz CT molecular complexity index is 785. The van der Waals surface area contributed by atoms with Gasteiger partial charge in [-0.15, -0.1) is 0 Å². The molecule has 0 saturated carbocycles. The summed E-state index contributed by atoms with van der Waals surface area (Å²) in [5.74, 6) is 0.248. The Morgan fingerprint density at radius 2 is 2.00 bits per heavy atom. The summed E-state index contributed by atoms with van der Waals surface area (Å²) in [5.41, 5.74) is 8.42. The number of nitrogens with one attached hydrogen (secondary N) is 1. The molecule has 1 aliphatic rings. The van der Waals surface area contributed by atoms with Gasteiger partial charge in [0.1, 0.15) is 16.8 Å². The highest BCUT2D eigenvalue weighted by molar-refractivity contribution is 7.85. The summed E-state index contributed by atoms with van der Waals surface area (Å²) >= 11 is 0. The smallest absolute Gasteiger partial charge is 0.269 e. The normalized spacial score (nSPS) is 16.2. The van der Waals surface area contributed by atoms with Crippen molar-refractivity contribution in [2.24, 2.45) is 5.73 Å². The quantitative estimate of drug-likeness (QED) is 0.869. The molecule has 1 amide bonds. The predicted octanol–water partition coefficient (Wildman–Crippen LogP) is 1.19. The molecule has 7 nitrogen and oxygen atoms in total. The van der Waals surface area contributed by atoms with E-state index in [4.69, 9.17) is 5.73 Å². The van der Waals surface area contributed by atoms with Crippen LogP contribution in [-0.4, -0.2) is 44.4 Å². The Kier molecular flexibility index (Phi) is 4.68. The first-order valence-corrected chi connectivity index (χ1v) is 9.30. The Hall–Kier alpha value is -2.19. The van der Waals surface area contributed by atoms with Gasteiger partial charge in [0.25, 0.3) is 5.91 Å². The zero-order chi connectivity index (χ0) is 17.3. The van der Waals surface area contributed by atoms with E-state index in [1.165, 1.54) is 0 Å². The molecular formula is C16H21N5O2S. The van der Waals surface area contributed by atoms with Crippen molar-refractivity contribution >= 4 is 22.6 Å². The molecule has 2 heterocycles. The van der Waals surface area contributed by atoms with Crippen molar-refractivity contribution in [3.05, 3.63) is 35.7 Å². The second-order valence-corrected chi connectivity index (χ2v) is 7.08. The van der Waals surface area contributed by atoms with Crippen molar-refractivity contribution < 1.29 is 9.00 Å². The monoisotopic (exact) mass is 347 g/mol. The summed E-state index contributed by atoms with van der Waals surface area (Å²) in [4.78, 5) is 18.5. The number of imidazole rings is 1. The number of hydrogen-bond acceptors (Lipinski definition) is 4. The van der Waals surface area contributed by atoms with E-state index in [0.29, 0.717) is 12.2 Å². The lowest BCUT2D eigenvalue weighted by Crippen LogP contribution is -2.21. The number of fused-ring (bicyclic) bond motifs is 1. The third-order valence-corrected chi connectivity index (χ3v) is 4.58. The van der Waals surface area contributed by atoms with E-state index in [2.05, 4.69) is 19.2 Å². The van der Waals surface area contributed by atoms with Crippen molar-refractivity contribution in [3.8, 4) is 11.4 Å². The lowest BCUT2D eigenvalue weighted by molar-refractivity contribution is 0.0994. The SMILES string of the molecule is CN1CCCn2c(-c3ccc(NS(C)=O)cc3)nc(C(N)=O)c2C1. The van der Waals surface area contributed by atoms with E-state index in [-0.39, 0.29) is 0 Å². The minimum atomic E-state index is -1.12. The summed E-state index contributed by atoms with van der Waals surface area (Å²) < 4.78 is 16.2. The van der Waals surface area contributed by atoms with Crippen LogP contribution in [0.5, 0.6) is 0 Å². The van der Waals surface area contributed by atoms with Gasteiger partial charge in [0.15, 0.2) is 5.69 Å². The molecule has 1 aliphatic heterocycles. The maximum atomic E-state index is 11.8. The number of anilines is 1. The van der Waals surface area contributed by atoms with Crippen LogP contribution in [0.2, 0.25) is 0 Å². The topological polar surface area (TPSA) is 93.2 Å². The van der Waals surface area contributed by atoms with Gasteiger partial charge in [-0.1, -0.05) is 0 Å². The Labute approximate surface area is 143 Å². The first kappa shape index (κ1) is 16.7. The molecule has 128 valence electrons. The van der Waals surface area contributed by atoms with Gasteiger partial charge in [-0.05, 0) is 44.3 Å². The number of carbonyl (C=O) groups is 1. The number of primary amides is 1. The first-order valence-electron chi connectivity index (χ1n) is 7.74. The van der Waals surface area contributed by atoms with Crippen LogP contribution in [0.1, 0.15) is 22.6 Å². The Morgan fingerprint density at radius 3 is 2.62 bits per heavy atom. The number of nitrogens with zero attached hydrogens (tertiary/aromatic N) is 3. The van der Waals surface area contributed by atoms with E-state index >= 15 is 0 Å². The highest BCUT2D eigenvalue weighted by atomic mass is 32.2. The predicted molar refractivity (Wildman–Crippen MR) is 94.8 cm³/mol. The van der Waals surface area contributed by atoms with Gasteiger partial charge in [0.05, 0.1) is 5.69 Å². The molecule has 3 N–H and O–H groups in total. The summed E-state index contributed by atoms with van der Waals surface area (Å²) in [5, 5.41) is 0. The van der Waals surface area contributed by atoms with Gasteiger partial charge in [-0.3, -0.25) is 4.79 Å². The fraction of sp³-hybridized carbons (Fsp3) is 0.375. The molecule has 0 saturated heterocycles. The zero-order valence-electron chi connectivity index (χ0n) is 13.8. The van der Waals surface area contributed by atoms with Crippen LogP contribution in [0.3, 0.4) is 0 Å². The summed E-state index contributed by atoms with van der Waals surface area (Å²) in [6.07, 6.45) is 2.57. The van der Waals surface area contributed by atoms with Crippen LogP contribution < -0.4 is 10.5 Å². The zero-order valence-corrected chi connectivity index (χ0v) is 14.6. The second kappa shape index (κ2) is 6.74. The number of carbonyl (C=O) groups excluding carboxylic acids is 1. The molecular weight excluding hydrogens is 326 g/mol. The largest absolute Gasteiger partial charge is 0.364 e. The molecule has 24 heavy (non-hydrogen) atoms. The molecule has 1 unspecified atom stereocenters. The van der Waals surface area contributed by atoms with E-state index in [9.17, 15) is 9.00 Å². The minimum Gasteiger partial charge on any atom is -0.364 e. The summed E-state index contributed by atoms with van der Waals surface area (Å²) in [6, 6.07) is 7.52. The lowest BCUT2D eigenvalue weighted by Gasteiger charge is -2.12. The Balaban J connectivity index is 2.03. The molecule has 0 spiro atoms. The number of aromatic nitrogens is 2. The van der Waals surface area contributed by atoms with E-state index in [1.54, 1.807) is 6.26 Å². The Morgan fingerprint density at radius 1 is 1.29 bits per heavy atom. The van der Waals surface area contributed by atoms with Crippen molar-refractivity contribution in [2.45, 2.75) is 19.5 Å². The van der Waals surface area contributed by atoms with Crippen LogP contribution in [0.25, 0.3) is 11.4 Å². The van der Waals surface area contributed by atoms with Crippen molar-refractivity contribution in [3.63, 3.8) is 0 Å². The third-order valence-electron chi connectivity index (χ3n) is 4.05. The van der Waals surface area contributed by atoms with Gasteiger partial charge in [-0.2, -0.15) is 0 Å². The van der Waals surface area contributed by atoms with Gasteiger partial charge in [0.2, 0.25) is 0 Å². The maximum Gasteiger partial charge on any atom is 0.269 e. The molecule has 1 atom stereocenters. The number of amides is 1. The fourth-order valence-electron chi connectivity index (χ4n) is 2.99. The fourth-order valence-corrected chi connectivity index (χ4v) is 3.46. The number of rotatable bonds is 4. The molecule has 1 aromatic carbocycles. The summed E-state index contributed by atoms with van der Waals surface area (Å²) in [7, 11) is 0.911. The van der Waals surface area contributed by atoms with Crippen LogP contribution in [0, 0.1) is 0 Å². The van der Waals surface area contributed by atoms with Crippen LogP contribution in [0.15, 0.2) is 24.3 Å². The van der Waals surface area contributed by atoms with E-state index < -0.39 is 16.9 Å². The van der Waals surface area contributed by atoms with Gasteiger partial charge in [0, 0.05) is 30.6 Å². The molecule has 1 aromatic heterocycles. The average Bonchev–Trinajstić information content (AvgIpc) is 2.75. The van der Waals surface area contributed by atoms with Crippen LogP contribution >= 0.6 is 0 Å². The summed E-state index contributed by atoms with van der Waals surface area (Å²) in [6.45, 7) is 2.42. The number of benzene rings is 1. The van der Waals surface area contributed by atoms with Crippen LogP contribution in [0.4, 0.5) is 5.69 Å². The molecule has 2 aromatic rings. The van der Waals surface area contributed by atoms with Crippen molar-refractivity contribution in [1.29, 1.82) is 0 Å². The first-order chi connectivity index (χ1) is 11.5. The maximum absolute atomic E-state index is 11.8. The van der Waals surface area contributed by atoms with E-state index in [0.717, 1.165) is 42.3 Å². The van der Waals surface area contributed by atoms with Gasteiger partial charge < -0.3 is 19.9 Å². The minimum absolute atomic E-state index is 0.343. The van der Waals surface area contributed by atoms with Crippen molar-refractivity contribution in [1.82, 2.24) is 14.5 Å². The molecule has 3 rings (SSSR count). The average molecular weight is 347 g/mol. The van der Waals surface area contributed by atoms with E-state index in [1.807, 2.05) is 31.3 Å². The highest BCUT2D eigenvalue weighted by Gasteiger charge is 2.24. The third kappa shape index (κ3) is 3.34. The van der Waals surface area contributed by atoms with Gasteiger partial charge in [-0.25, -0.2) is 9.19 Å². The molecule has 0 fully saturated rings. The number of hydrogen-bond donors (Lipinski definition) is 2. The molecule has 8 heteroatoms. The second-order valence-electron chi connectivity index (χ2n) is 5.97.